The number of nitrogens with zero attached hydrogens (tertiary/aromatic N) is 4. The molecule has 2 rings (SSSR count). The smallest absolute Gasteiger partial charge is 0.181 e. The Balaban J connectivity index is 2.17. The first-order valence-electron chi connectivity index (χ1n) is 5.30. The summed E-state index contributed by atoms with van der Waals surface area (Å²) in [7, 11) is 0. The van der Waals surface area contributed by atoms with E-state index in [-0.39, 0.29) is 0 Å². The molecule has 0 radical (unpaired) electrons. The Morgan fingerprint density at radius 3 is 2.72 bits per heavy atom. The molecule has 18 heavy (non-hydrogen) atoms. The fourth-order valence-electron chi connectivity index (χ4n) is 1.24. The Bertz CT molecular complexity index is 532. The van der Waals surface area contributed by atoms with Gasteiger partial charge in [-0.25, -0.2) is 9.97 Å². The van der Waals surface area contributed by atoms with Gasteiger partial charge in [-0.1, -0.05) is 41.6 Å². The second-order valence-corrected chi connectivity index (χ2v) is 7.02. The van der Waals surface area contributed by atoms with Crippen molar-refractivity contribution in [2.45, 2.75) is 33.5 Å². The normalized spacial score (nSPS) is 10.8. The van der Waals surface area contributed by atoms with Gasteiger partial charge in [0.2, 0.25) is 0 Å². The number of aryl methyl sites for hydroxylation is 1. The summed E-state index contributed by atoms with van der Waals surface area (Å²) in [5.41, 5.74) is 0. The van der Waals surface area contributed by atoms with Crippen LogP contribution >= 0.6 is 46.5 Å². The topological polar surface area (TPSA) is 51.6 Å². The molecule has 0 N–H and O–H groups in total. The maximum absolute atomic E-state index is 5.98. The van der Waals surface area contributed by atoms with Crippen molar-refractivity contribution in [1.29, 1.82) is 0 Å². The molecule has 0 amide bonds. The van der Waals surface area contributed by atoms with E-state index in [2.05, 4.69) is 27.1 Å². The van der Waals surface area contributed by atoms with Gasteiger partial charge in [-0.15, -0.1) is 10.2 Å². The van der Waals surface area contributed by atoms with Gasteiger partial charge in [0.15, 0.2) is 8.68 Å². The van der Waals surface area contributed by atoms with Crippen LogP contribution in [0.2, 0.25) is 5.15 Å². The highest BCUT2D eigenvalue weighted by atomic mass is 35.5. The van der Waals surface area contributed by atoms with Gasteiger partial charge in [0.25, 0.3) is 0 Å². The summed E-state index contributed by atoms with van der Waals surface area (Å²) in [5.74, 6) is 0.780. The van der Waals surface area contributed by atoms with Crippen LogP contribution in [0.4, 0.5) is 0 Å². The molecule has 0 saturated carbocycles. The van der Waals surface area contributed by atoms with Crippen LogP contribution in [0.3, 0.4) is 0 Å². The molecule has 0 aliphatic rings. The lowest BCUT2D eigenvalue weighted by atomic mass is 10.3. The van der Waals surface area contributed by atoms with Gasteiger partial charge in [0.1, 0.15) is 16.0 Å². The summed E-state index contributed by atoms with van der Waals surface area (Å²) in [4.78, 5) is 8.64. The summed E-state index contributed by atoms with van der Waals surface area (Å²) in [5, 5.41) is 9.44. The summed E-state index contributed by atoms with van der Waals surface area (Å²) >= 11 is 10.6. The van der Waals surface area contributed by atoms with Crippen molar-refractivity contribution in [3.63, 3.8) is 0 Å². The Hall–Kier alpha value is -0.370. The van der Waals surface area contributed by atoms with Crippen molar-refractivity contribution in [2.75, 3.05) is 6.26 Å². The Kier molecular flexibility index (Phi) is 5.23. The van der Waals surface area contributed by atoms with E-state index in [1.807, 2.05) is 6.26 Å². The zero-order valence-electron chi connectivity index (χ0n) is 9.88. The monoisotopic (exact) mass is 318 g/mol. The van der Waals surface area contributed by atoms with Crippen molar-refractivity contribution in [3.8, 4) is 0 Å². The van der Waals surface area contributed by atoms with Crippen LogP contribution in [0.5, 0.6) is 0 Å². The van der Waals surface area contributed by atoms with E-state index in [1.54, 1.807) is 29.2 Å². The SMILES string of the molecule is CCCc1nc(Cl)cc(Sc2nnc(SC)s2)n1. The van der Waals surface area contributed by atoms with Crippen LogP contribution in [-0.2, 0) is 6.42 Å². The largest absolute Gasteiger partial charge is 0.226 e. The number of hydrogen-bond donors (Lipinski definition) is 0. The summed E-state index contributed by atoms with van der Waals surface area (Å²) in [6, 6.07) is 1.76. The van der Waals surface area contributed by atoms with Gasteiger partial charge in [-0.05, 0) is 24.4 Å². The first-order chi connectivity index (χ1) is 8.71. The van der Waals surface area contributed by atoms with Gasteiger partial charge in [0, 0.05) is 12.5 Å². The average molecular weight is 319 g/mol. The zero-order valence-corrected chi connectivity index (χ0v) is 13.1. The zero-order chi connectivity index (χ0) is 13.0. The minimum absolute atomic E-state index is 0.477. The van der Waals surface area contributed by atoms with Crippen molar-refractivity contribution in [2.24, 2.45) is 0 Å². The van der Waals surface area contributed by atoms with Gasteiger partial charge < -0.3 is 0 Å². The molecule has 2 aromatic rings. The number of rotatable bonds is 5. The minimum Gasteiger partial charge on any atom is -0.226 e. The minimum atomic E-state index is 0.477. The number of aromatic nitrogens is 4. The molecule has 4 nitrogen and oxygen atoms in total. The molecule has 0 aliphatic carbocycles. The lowest BCUT2D eigenvalue weighted by Gasteiger charge is -2.01. The highest BCUT2D eigenvalue weighted by molar-refractivity contribution is 8.02. The van der Waals surface area contributed by atoms with E-state index in [1.165, 1.54) is 11.8 Å². The molecule has 0 aromatic carbocycles. The maximum Gasteiger partial charge on any atom is 0.181 e. The van der Waals surface area contributed by atoms with Crippen LogP contribution < -0.4 is 0 Å². The maximum atomic E-state index is 5.98. The molecule has 0 bridgehead atoms. The lowest BCUT2D eigenvalue weighted by Crippen LogP contribution is -1.95. The summed E-state index contributed by atoms with van der Waals surface area (Å²) < 4.78 is 1.82. The third kappa shape index (κ3) is 3.81. The highest BCUT2D eigenvalue weighted by Crippen LogP contribution is 2.32. The van der Waals surface area contributed by atoms with E-state index in [0.717, 1.165) is 32.4 Å². The molecule has 0 unspecified atom stereocenters. The van der Waals surface area contributed by atoms with Crippen molar-refractivity contribution >= 4 is 46.5 Å². The molecule has 0 saturated heterocycles. The second-order valence-electron chi connectivity index (χ2n) is 3.34. The predicted octanol–water partition coefficient (Wildman–Crippen LogP) is 3.81. The van der Waals surface area contributed by atoms with Crippen molar-refractivity contribution in [1.82, 2.24) is 20.2 Å². The third-order valence-corrected chi connectivity index (χ3v) is 5.01. The molecule has 2 heterocycles. The first kappa shape index (κ1) is 14.0. The van der Waals surface area contributed by atoms with Crippen molar-refractivity contribution < 1.29 is 0 Å². The van der Waals surface area contributed by atoms with Crippen LogP contribution in [-0.4, -0.2) is 26.4 Å². The molecule has 2 aromatic heterocycles. The Morgan fingerprint density at radius 1 is 1.28 bits per heavy atom. The van der Waals surface area contributed by atoms with Crippen LogP contribution in [0.25, 0.3) is 0 Å². The molecular weight excluding hydrogens is 308 g/mol. The molecule has 8 heteroatoms. The average Bonchev–Trinajstić information content (AvgIpc) is 2.76. The van der Waals surface area contributed by atoms with E-state index >= 15 is 0 Å². The molecular formula is C10H11ClN4S3. The predicted molar refractivity (Wildman–Crippen MR) is 76.9 cm³/mol. The van der Waals surface area contributed by atoms with Gasteiger partial charge in [-0.3, -0.25) is 0 Å². The fourth-order valence-corrected chi connectivity index (χ4v) is 3.91. The van der Waals surface area contributed by atoms with Gasteiger partial charge in [0.05, 0.1) is 0 Å². The first-order valence-corrected chi connectivity index (χ1v) is 8.53. The van der Waals surface area contributed by atoms with Crippen LogP contribution in [0, 0.1) is 0 Å². The Labute approximate surface area is 123 Å². The van der Waals surface area contributed by atoms with Crippen molar-refractivity contribution in [3.05, 3.63) is 17.0 Å². The van der Waals surface area contributed by atoms with Gasteiger partial charge in [-0.2, -0.15) is 0 Å². The van der Waals surface area contributed by atoms with E-state index < -0.39 is 0 Å². The molecule has 0 atom stereocenters. The number of halogens is 1. The molecule has 96 valence electrons. The summed E-state index contributed by atoms with van der Waals surface area (Å²) in [6.45, 7) is 2.09. The quantitative estimate of drug-likeness (QED) is 0.617. The molecule has 0 aliphatic heterocycles. The van der Waals surface area contributed by atoms with E-state index in [9.17, 15) is 0 Å². The molecule has 0 spiro atoms. The highest BCUT2D eigenvalue weighted by Gasteiger charge is 2.09. The van der Waals surface area contributed by atoms with Crippen LogP contribution in [0.15, 0.2) is 19.8 Å². The lowest BCUT2D eigenvalue weighted by molar-refractivity contribution is 0.809. The standard InChI is InChI=1S/C10H11ClN4S3/c1-3-4-7-12-6(11)5-8(13-7)17-10-15-14-9(16-2)18-10/h5H,3-4H2,1-2H3. The van der Waals surface area contributed by atoms with E-state index in [4.69, 9.17) is 11.6 Å². The Morgan fingerprint density at radius 2 is 2.06 bits per heavy atom. The fraction of sp³-hybridized carbons (Fsp3) is 0.400. The summed E-state index contributed by atoms with van der Waals surface area (Å²) in [6.07, 6.45) is 3.82. The van der Waals surface area contributed by atoms with Crippen LogP contribution in [0.1, 0.15) is 19.2 Å². The second kappa shape index (κ2) is 6.70. The third-order valence-electron chi connectivity index (χ3n) is 1.95. The molecule has 0 fully saturated rings. The number of hydrogen-bond acceptors (Lipinski definition) is 7. The van der Waals surface area contributed by atoms with Gasteiger partial charge >= 0.3 is 0 Å². The van der Waals surface area contributed by atoms with E-state index in [0.29, 0.717) is 5.15 Å². The number of thioether (sulfide) groups is 1.